The summed E-state index contributed by atoms with van der Waals surface area (Å²) >= 11 is 0. The van der Waals surface area contributed by atoms with E-state index in [1.165, 1.54) is 11.1 Å². The third-order valence-electron chi connectivity index (χ3n) is 7.83. The average Bonchev–Trinajstić information content (AvgIpc) is 3.67. The summed E-state index contributed by atoms with van der Waals surface area (Å²) in [4.78, 5) is 30.3. The van der Waals surface area contributed by atoms with Crippen molar-refractivity contribution in [1.82, 2.24) is 15.1 Å². The average molecular weight is 482 g/mol. The number of amides is 2. The van der Waals surface area contributed by atoms with E-state index in [0.717, 1.165) is 71.2 Å². The van der Waals surface area contributed by atoms with Crippen LogP contribution in [-0.2, 0) is 16.1 Å². The number of nitrogens with zero attached hydrogens (tertiary/aromatic N) is 2. The van der Waals surface area contributed by atoms with Crippen LogP contribution in [0.1, 0.15) is 55.7 Å². The number of rotatable bonds is 8. The molecule has 1 atom stereocenters. The monoisotopic (exact) mass is 481 g/mol. The smallest absolute Gasteiger partial charge is 0.229 e. The molecule has 0 bridgehead atoms. The van der Waals surface area contributed by atoms with Gasteiger partial charge in [-0.25, -0.2) is 0 Å². The molecule has 1 spiro atoms. The highest BCUT2D eigenvalue weighted by atomic mass is 35.5. The highest BCUT2D eigenvalue weighted by molar-refractivity contribution is 5.85. The lowest BCUT2D eigenvalue weighted by molar-refractivity contribution is -0.139. The molecular formula is C28H36ClN3O2. The fourth-order valence-corrected chi connectivity index (χ4v) is 5.47. The van der Waals surface area contributed by atoms with Crippen molar-refractivity contribution in [3.8, 4) is 0 Å². The summed E-state index contributed by atoms with van der Waals surface area (Å²) in [6.07, 6.45) is 5.83. The number of benzene rings is 2. The quantitative estimate of drug-likeness (QED) is 0.600. The van der Waals surface area contributed by atoms with Crippen LogP contribution >= 0.6 is 12.4 Å². The van der Waals surface area contributed by atoms with E-state index in [4.69, 9.17) is 0 Å². The third-order valence-corrected chi connectivity index (χ3v) is 7.83. The van der Waals surface area contributed by atoms with Gasteiger partial charge in [0.1, 0.15) is 0 Å². The first-order chi connectivity index (χ1) is 16.1. The highest BCUT2D eigenvalue weighted by Crippen LogP contribution is 2.42. The minimum Gasteiger partial charge on any atom is -0.349 e. The molecule has 2 amide bonds. The lowest BCUT2D eigenvalue weighted by Crippen LogP contribution is -2.45. The van der Waals surface area contributed by atoms with Gasteiger partial charge in [0.05, 0.1) is 11.5 Å². The number of hydrogen-bond donors (Lipinski definition) is 1. The molecule has 5 rings (SSSR count). The van der Waals surface area contributed by atoms with Crippen molar-refractivity contribution >= 4 is 24.2 Å². The molecule has 182 valence electrons. The molecule has 2 aromatic carbocycles. The molecule has 1 N–H and O–H groups in total. The van der Waals surface area contributed by atoms with Crippen LogP contribution in [0.5, 0.6) is 0 Å². The fraction of sp³-hybridized carbons (Fsp3) is 0.500. The normalized spacial score (nSPS) is 20.7. The molecule has 0 radical (unpaired) electrons. The lowest BCUT2D eigenvalue weighted by Gasteiger charge is -2.38. The van der Waals surface area contributed by atoms with Crippen molar-refractivity contribution in [3.05, 3.63) is 71.8 Å². The minimum atomic E-state index is -0.162. The molecule has 5 nitrogen and oxygen atoms in total. The van der Waals surface area contributed by atoms with Crippen molar-refractivity contribution < 1.29 is 9.59 Å². The Labute approximate surface area is 209 Å². The summed E-state index contributed by atoms with van der Waals surface area (Å²) in [6.45, 7) is 4.47. The Bertz CT molecular complexity index is 956. The lowest BCUT2D eigenvalue weighted by atomic mass is 9.77. The van der Waals surface area contributed by atoms with Gasteiger partial charge in [-0.1, -0.05) is 60.7 Å². The maximum atomic E-state index is 13.3. The van der Waals surface area contributed by atoms with Crippen molar-refractivity contribution in [2.45, 2.75) is 51.1 Å². The van der Waals surface area contributed by atoms with E-state index < -0.39 is 0 Å². The Balaban J connectivity index is 0.00000274. The first-order valence-corrected chi connectivity index (χ1v) is 12.5. The molecule has 2 aromatic rings. The van der Waals surface area contributed by atoms with Gasteiger partial charge in [-0.05, 0) is 62.7 Å². The minimum absolute atomic E-state index is 0. The molecule has 0 unspecified atom stereocenters. The zero-order valence-corrected chi connectivity index (χ0v) is 20.6. The molecule has 1 aliphatic carbocycles. The fourth-order valence-electron chi connectivity index (χ4n) is 5.47. The molecular weight excluding hydrogens is 446 g/mol. The van der Waals surface area contributed by atoms with Gasteiger partial charge < -0.3 is 15.1 Å². The molecule has 6 heteroatoms. The van der Waals surface area contributed by atoms with E-state index in [2.05, 4.69) is 39.4 Å². The summed E-state index contributed by atoms with van der Waals surface area (Å²) in [5.41, 5.74) is 2.23. The maximum absolute atomic E-state index is 13.3. The Hall–Kier alpha value is -2.37. The van der Waals surface area contributed by atoms with Crippen LogP contribution in [0.25, 0.3) is 0 Å². The number of halogens is 1. The largest absolute Gasteiger partial charge is 0.349 e. The highest BCUT2D eigenvalue weighted by Gasteiger charge is 2.47. The number of likely N-dealkylation sites (tertiary alicyclic amines) is 2. The summed E-state index contributed by atoms with van der Waals surface area (Å²) in [7, 11) is 0. The number of carbonyl (C=O) groups is 2. The van der Waals surface area contributed by atoms with E-state index in [1.807, 2.05) is 36.4 Å². The van der Waals surface area contributed by atoms with E-state index in [-0.39, 0.29) is 35.7 Å². The summed E-state index contributed by atoms with van der Waals surface area (Å²) in [5, 5.41) is 3.29. The molecule has 2 heterocycles. The van der Waals surface area contributed by atoms with E-state index in [0.29, 0.717) is 5.91 Å². The Morgan fingerprint density at radius 3 is 2.21 bits per heavy atom. The van der Waals surface area contributed by atoms with Crippen LogP contribution in [0, 0.1) is 11.3 Å². The Kier molecular flexibility index (Phi) is 7.95. The van der Waals surface area contributed by atoms with Crippen LogP contribution in [0.3, 0.4) is 0 Å². The number of piperidine rings is 1. The Morgan fingerprint density at radius 1 is 0.941 bits per heavy atom. The number of nitrogens with one attached hydrogen (secondary N) is 1. The first-order valence-electron chi connectivity index (χ1n) is 12.5. The van der Waals surface area contributed by atoms with Gasteiger partial charge in [-0.15, -0.1) is 12.4 Å². The third kappa shape index (κ3) is 5.64. The summed E-state index contributed by atoms with van der Waals surface area (Å²) < 4.78 is 0. The van der Waals surface area contributed by atoms with Crippen molar-refractivity contribution in [1.29, 1.82) is 0 Å². The second-order valence-electron chi connectivity index (χ2n) is 10.1. The zero-order valence-electron chi connectivity index (χ0n) is 19.8. The van der Waals surface area contributed by atoms with E-state index in [1.54, 1.807) is 0 Å². The van der Waals surface area contributed by atoms with Crippen LogP contribution in [0.2, 0.25) is 0 Å². The molecule has 34 heavy (non-hydrogen) atoms. The van der Waals surface area contributed by atoms with Crippen LogP contribution < -0.4 is 5.32 Å². The van der Waals surface area contributed by atoms with Gasteiger partial charge >= 0.3 is 0 Å². The first kappa shape index (κ1) is 24.7. The van der Waals surface area contributed by atoms with Gasteiger partial charge in [0.15, 0.2) is 0 Å². The zero-order chi connectivity index (χ0) is 22.7. The van der Waals surface area contributed by atoms with Gasteiger partial charge in [0.25, 0.3) is 0 Å². The molecule has 2 aliphatic heterocycles. The summed E-state index contributed by atoms with van der Waals surface area (Å²) in [5.74, 6) is 0.777. The van der Waals surface area contributed by atoms with Crippen molar-refractivity contribution in [3.63, 3.8) is 0 Å². The Morgan fingerprint density at radius 2 is 1.56 bits per heavy atom. The molecule has 3 aliphatic rings. The SMILES string of the molecule is Cl.O=C(N[C@@H](CCN1CCC2(CC1)CCN(Cc1ccccc1)C2=O)c1ccccc1)C1CC1. The second kappa shape index (κ2) is 10.9. The predicted molar refractivity (Wildman–Crippen MR) is 136 cm³/mol. The van der Waals surface area contributed by atoms with Crippen LogP contribution in [0.15, 0.2) is 60.7 Å². The van der Waals surface area contributed by atoms with Gasteiger partial charge in [-0.3, -0.25) is 9.59 Å². The van der Waals surface area contributed by atoms with Crippen molar-refractivity contribution in [2.75, 3.05) is 26.2 Å². The van der Waals surface area contributed by atoms with Gasteiger partial charge in [0, 0.05) is 25.6 Å². The second-order valence-corrected chi connectivity index (χ2v) is 10.1. The van der Waals surface area contributed by atoms with Gasteiger partial charge in [-0.2, -0.15) is 0 Å². The molecule has 3 fully saturated rings. The van der Waals surface area contributed by atoms with Crippen LogP contribution in [0.4, 0.5) is 0 Å². The predicted octanol–water partition coefficient (Wildman–Crippen LogP) is 4.58. The number of hydrogen-bond acceptors (Lipinski definition) is 3. The van der Waals surface area contributed by atoms with Crippen LogP contribution in [-0.4, -0.2) is 47.8 Å². The summed E-state index contributed by atoms with van der Waals surface area (Å²) in [6, 6.07) is 20.7. The molecule has 1 saturated carbocycles. The van der Waals surface area contributed by atoms with E-state index >= 15 is 0 Å². The standard InChI is InChI=1S/C28H35N3O2.ClH/c32-26(24-11-12-24)29-25(23-9-5-2-6-10-23)13-17-30-18-14-28(15-19-30)16-20-31(27(28)33)21-22-7-3-1-4-8-22;/h1-10,24-25H,11-21H2,(H,29,32);1H/t25-;/m0./s1. The topological polar surface area (TPSA) is 52.7 Å². The maximum Gasteiger partial charge on any atom is 0.229 e. The van der Waals surface area contributed by atoms with Gasteiger partial charge in [0.2, 0.25) is 11.8 Å². The number of carbonyl (C=O) groups excluding carboxylic acids is 2. The van der Waals surface area contributed by atoms with E-state index in [9.17, 15) is 9.59 Å². The molecule has 0 aromatic heterocycles. The molecule has 2 saturated heterocycles. The van der Waals surface area contributed by atoms with Crippen molar-refractivity contribution in [2.24, 2.45) is 11.3 Å².